The van der Waals surface area contributed by atoms with Crippen LogP contribution in [-0.4, -0.2) is 39.3 Å². The third kappa shape index (κ3) is 2.44. The van der Waals surface area contributed by atoms with Crippen LogP contribution in [0.2, 0.25) is 0 Å². The van der Waals surface area contributed by atoms with Crippen LogP contribution >= 0.6 is 0 Å². The Balaban J connectivity index is 1.96. The molecule has 0 spiro atoms. The molecule has 1 atom stereocenters. The summed E-state index contributed by atoms with van der Waals surface area (Å²) in [6, 6.07) is 0.466. The molecule has 2 rings (SSSR count). The highest BCUT2D eigenvalue weighted by Crippen LogP contribution is 2.18. The number of hydrogen-bond acceptors (Lipinski definition) is 3. The van der Waals surface area contributed by atoms with E-state index in [9.17, 15) is 0 Å². The summed E-state index contributed by atoms with van der Waals surface area (Å²) in [6.07, 6.45) is 5.02. The number of imidazole rings is 1. The van der Waals surface area contributed by atoms with E-state index in [1.165, 1.54) is 0 Å². The molecule has 1 saturated heterocycles. The molecule has 0 aromatic carbocycles. The van der Waals surface area contributed by atoms with E-state index >= 15 is 0 Å². The molecule has 1 fully saturated rings. The van der Waals surface area contributed by atoms with Crippen molar-refractivity contribution in [3.05, 3.63) is 18.2 Å². The maximum absolute atomic E-state index is 9.11. The molecule has 1 aliphatic rings. The van der Waals surface area contributed by atoms with Crippen LogP contribution in [0.1, 0.15) is 32.1 Å². The zero-order chi connectivity index (χ0) is 11.5. The summed E-state index contributed by atoms with van der Waals surface area (Å²) >= 11 is 0. The van der Waals surface area contributed by atoms with Crippen LogP contribution in [0.4, 0.5) is 0 Å². The molecule has 16 heavy (non-hydrogen) atoms. The SMILES string of the molecule is CC(C)n1ccnc1CN1CCC(CO)C1. The van der Waals surface area contributed by atoms with E-state index in [2.05, 4.69) is 28.3 Å². The number of aliphatic hydroxyl groups excluding tert-OH is 1. The summed E-state index contributed by atoms with van der Waals surface area (Å²) < 4.78 is 2.21. The summed E-state index contributed by atoms with van der Waals surface area (Å²) in [4.78, 5) is 6.79. The van der Waals surface area contributed by atoms with Crippen molar-refractivity contribution in [2.75, 3.05) is 19.7 Å². The predicted molar refractivity (Wildman–Crippen MR) is 63.1 cm³/mol. The first-order valence-electron chi connectivity index (χ1n) is 6.05. The lowest BCUT2D eigenvalue weighted by molar-refractivity contribution is 0.218. The van der Waals surface area contributed by atoms with Gasteiger partial charge in [0.2, 0.25) is 0 Å². The lowest BCUT2D eigenvalue weighted by Crippen LogP contribution is -2.23. The number of aromatic nitrogens is 2. The Hall–Kier alpha value is -0.870. The summed E-state index contributed by atoms with van der Waals surface area (Å²) in [7, 11) is 0. The van der Waals surface area contributed by atoms with Gasteiger partial charge in [-0.25, -0.2) is 4.98 Å². The molecule has 1 aromatic rings. The van der Waals surface area contributed by atoms with E-state index in [-0.39, 0.29) is 0 Å². The van der Waals surface area contributed by atoms with Crippen LogP contribution in [0, 0.1) is 5.92 Å². The summed E-state index contributed by atoms with van der Waals surface area (Å²) in [6.45, 7) is 7.64. The summed E-state index contributed by atoms with van der Waals surface area (Å²) in [5, 5.41) is 9.11. The second kappa shape index (κ2) is 4.97. The normalized spacial score (nSPS) is 22.1. The van der Waals surface area contributed by atoms with Crippen molar-refractivity contribution in [3.8, 4) is 0 Å². The molecule has 0 radical (unpaired) electrons. The van der Waals surface area contributed by atoms with Gasteiger partial charge in [0.1, 0.15) is 5.82 Å². The molecule has 0 bridgehead atoms. The first-order chi connectivity index (χ1) is 7.70. The Bertz CT molecular complexity index is 335. The van der Waals surface area contributed by atoms with E-state index < -0.39 is 0 Å². The third-order valence-corrected chi connectivity index (χ3v) is 3.30. The highest BCUT2D eigenvalue weighted by molar-refractivity contribution is 4.95. The van der Waals surface area contributed by atoms with Crippen LogP contribution in [0.15, 0.2) is 12.4 Å². The maximum Gasteiger partial charge on any atom is 0.123 e. The Morgan fingerprint density at radius 1 is 1.56 bits per heavy atom. The van der Waals surface area contributed by atoms with Crippen LogP contribution in [-0.2, 0) is 6.54 Å². The highest BCUT2D eigenvalue weighted by atomic mass is 16.3. The largest absolute Gasteiger partial charge is 0.396 e. The van der Waals surface area contributed by atoms with Crippen LogP contribution in [0.3, 0.4) is 0 Å². The van der Waals surface area contributed by atoms with Gasteiger partial charge >= 0.3 is 0 Å². The third-order valence-electron chi connectivity index (χ3n) is 3.30. The fourth-order valence-electron chi connectivity index (χ4n) is 2.34. The van der Waals surface area contributed by atoms with Gasteiger partial charge in [0, 0.05) is 31.6 Å². The zero-order valence-corrected chi connectivity index (χ0v) is 10.1. The average Bonchev–Trinajstić information content (AvgIpc) is 2.87. The van der Waals surface area contributed by atoms with E-state index in [1.807, 2.05) is 12.4 Å². The molecule has 90 valence electrons. The maximum atomic E-state index is 9.11. The molecule has 4 heteroatoms. The summed E-state index contributed by atoms with van der Waals surface area (Å²) in [5.74, 6) is 1.59. The van der Waals surface area contributed by atoms with Crippen LogP contribution < -0.4 is 0 Å². The molecular weight excluding hydrogens is 202 g/mol. The molecule has 0 saturated carbocycles. The van der Waals surface area contributed by atoms with Crippen LogP contribution in [0.5, 0.6) is 0 Å². The van der Waals surface area contributed by atoms with Gasteiger partial charge < -0.3 is 9.67 Å². The number of nitrogens with zero attached hydrogens (tertiary/aromatic N) is 3. The smallest absolute Gasteiger partial charge is 0.123 e. The van der Waals surface area contributed by atoms with E-state index in [1.54, 1.807) is 0 Å². The van der Waals surface area contributed by atoms with Gasteiger partial charge in [-0.1, -0.05) is 0 Å². The number of hydrogen-bond donors (Lipinski definition) is 1. The molecule has 1 N–H and O–H groups in total. The monoisotopic (exact) mass is 223 g/mol. The predicted octanol–water partition coefficient (Wildman–Crippen LogP) is 1.28. The molecule has 1 aromatic heterocycles. The van der Waals surface area contributed by atoms with Crippen molar-refractivity contribution in [2.45, 2.75) is 32.9 Å². The number of likely N-dealkylation sites (tertiary alicyclic amines) is 1. The molecule has 0 aliphatic carbocycles. The Morgan fingerprint density at radius 2 is 2.38 bits per heavy atom. The summed E-state index contributed by atoms with van der Waals surface area (Å²) in [5.41, 5.74) is 0. The number of aliphatic hydroxyl groups is 1. The van der Waals surface area contributed by atoms with Gasteiger partial charge in [-0.05, 0) is 32.7 Å². The topological polar surface area (TPSA) is 41.3 Å². The van der Waals surface area contributed by atoms with E-state index in [4.69, 9.17) is 5.11 Å². The second-order valence-electron chi connectivity index (χ2n) is 4.92. The quantitative estimate of drug-likeness (QED) is 0.836. The van der Waals surface area contributed by atoms with Gasteiger partial charge in [0.05, 0.1) is 6.54 Å². The fourth-order valence-corrected chi connectivity index (χ4v) is 2.34. The minimum Gasteiger partial charge on any atom is -0.396 e. The first-order valence-corrected chi connectivity index (χ1v) is 6.05. The lowest BCUT2D eigenvalue weighted by atomic mass is 10.1. The van der Waals surface area contributed by atoms with Gasteiger partial charge in [-0.3, -0.25) is 4.90 Å². The molecule has 0 amide bonds. The van der Waals surface area contributed by atoms with Crippen molar-refractivity contribution in [2.24, 2.45) is 5.92 Å². The minimum atomic E-state index is 0.315. The van der Waals surface area contributed by atoms with Crippen molar-refractivity contribution >= 4 is 0 Å². The zero-order valence-electron chi connectivity index (χ0n) is 10.1. The number of rotatable bonds is 4. The van der Waals surface area contributed by atoms with Crippen molar-refractivity contribution in [1.82, 2.24) is 14.5 Å². The van der Waals surface area contributed by atoms with Gasteiger partial charge in [0.15, 0.2) is 0 Å². The lowest BCUT2D eigenvalue weighted by Gasteiger charge is -2.18. The average molecular weight is 223 g/mol. The van der Waals surface area contributed by atoms with Crippen molar-refractivity contribution in [3.63, 3.8) is 0 Å². The van der Waals surface area contributed by atoms with E-state index in [0.29, 0.717) is 18.6 Å². The minimum absolute atomic E-state index is 0.315. The van der Waals surface area contributed by atoms with E-state index in [0.717, 1.165) is 31.9 Å². The van der Waals surface area contributed by atoms with Crippen molar-refractivity contribution < 1.29 is 5.11 Å². The second-order valence-corrected chi connectivity index (χ2v) is 4.92. The Labute approximate surface area is 96.9 Å². The first kappa shape index (κ1) is 11.6. The fraction of sp³-hybridized carbons (Fsp3) is 0.750. The van der Waals surface area contributed by atoms with Crippen LogP contribution in [0.25, 0.3) is 0 Å². The van der Waals surface area contributed by atoms with Gasteiger partial charge in [-0.2, -0.15) is 0 Å². The van der Waals surface area contributed by atoms with Gasteiger partial charge in [0.25, 0.3) is 0 Å². The van der Waals surface area contributed by atoms with Crippen molar-refractivity contribution in [1.29, 1.82) is 0 Å². The standard InChI is InChI=1S/C12H21N3O/c1-10(2)15-6-4-13-12(15)8-14-5-3-11(7-14)9-16/h4,6,10-11,16H,3,5,7-9H2,1-2H3. The molecule has 2 heterocycles. The van der Waals surface area contributed by atoms with Gasteiger partial charge in [-0.15, -0.1) is 0 Å². The molecular formula is C12H21N3O. The molecule has 4 nitrogen and oxygen atoms in total. The molecule has 1 aliphatic heterocycles. The Morgan fingerprint density at radius 3 is 3.00 bits per heavy atom. The molecule has 1 unspecified atom stereocenters. The highest BCUT2D eigenvalue weighted by Gasteiger charge is 2.22. The Kier molecular flexibility index (Phi) is 3.61.